The second kappa shape index (κ2) is 5.09. The van der Waals surface area contributed by atoms with Crippen molar-refractivity contribution in [3.8, 4) is 11.3 Å². The molecule has 0 atom stereocenters. The van der Waals surface area contributed by atoms with Crippen molar-refractivity contribution in [3.05, 3.63) is 54.4 Å². The molecule has 0 aliphatic heterocycles. The monoisotopic (exact) mass is 340 g/mol. The molecular weight excluding hydrogens is 329 g/mol. The minimum absolute atomic E-state index is 0.171. The number of hydrogen-bond donors (Lipinski definition) is 0. The number of nitrogens with zero attached hydrogens (tertiary/aromatic N) is 2. The summed E-state index contributed by atoms with van der Waals surface area (Å²) in [6.07, 6.45) is -0.877. The number of pyridine rings is 1. The SMILES string of the molecule is CS(=O)(=O)c1ccc(-c2cn3cc(C(F)(F)F)ccc3n2)cc1. The van der Waals surface area contributed by atoms with Crippen molar-refractivity contribution in [3.63, 3.8) is 0 Å². The molecule has 3 aromatic rings. The number of aromatic nitrogens is 2. The van der Waals surface area contributed by atoms with Crippen LogP contribution >= 0.6 is 0 Å². The van der Waals surface area contributed by atoms with Gasteiger partial charge in [-0.3, -0.25) is 0 Å². The van der Waals surface area contributed by atoms with E-state index < -0.39 is 21.6 Å². The predicted octanol–water partition coefficient (Wildman–Crippen LogP) is 3.42. The lowest BCUT2D eigenvalue weighted by Crippen LogP contribution is -2.05. The molecule has 0 bridgehead atoms. The van der Waals surface area contributed by atoms with Crippen molar-refractivity contribution in [1.82, 2.24) is 9.38 Å². The first-order chi connectivity index (χ1) is 10.6. The van der Waals surface area contributed by atoms with E-state index in [2.05, 4.69) is 4.98 Å². The molecule has 0 aliphatic carbocycles. The molecule has 23 heavy (non-hydrogen) atoms. The van der Waals surface area contributed by atoms with Crippen molar-refractivity contribution in [1.29, 1.82) is 0 Å². The first-order valence-corrected chi connectivity index (χ1v) is 8.40. The van der Waals surface area contributed by atoms with Gasteiger partial charge in [-0.2, -0.15) is 13.2 Å². The average molecular weight is 340 g/mol. The highest BCUT2D eigenvalue weighted by atomic mass is 32.2. The zero-order valence-electron chi connectivity index (χ0n) is 11.9. The summed E-state index contributed by atoms with van der Waals surface area (Å²) in [7, 11) is -3.30. The summed E-state index contributed by atoms with van der Waals surface area (Å²) in [5, 5.41) is 0. The van der Waals surface area contributed by atoms with Crippen molar-refractivity contribution < 1.29 is 21.6 Å². The molecule has 0 saturated heterocycles. The van der Waals surface area contributed by atoms with E-state index in [-0.39, 0.29) is 4.90 Å². The Bertz CT molecular complexity index is 974. The summed E-state index contributed by atoms with van der Waals surface area (Å²) in [6.45, 7) is 0. The van der Waals surface area contributed by atoms with E-state index in [1.165, 1.54) is 28.8 Å². The van der Waals surface area contributed by atoms with Gasteiger partial charge in [-0.15, -0.1) is 0 Å². The van der Waals surface area contributed by atoms with Gasteiger partial charge in [0.2, 0.25) is 0 Å². The summed E-state index contributed by atoms with van der Waals surface area (Å²) in [4.78, 5) is 4.41. The zero-order valence-corrected chi connectivity index (χ0v) is 12.7. The standard InChI is InChI=1S/C15H11F3N2O2S/c1-23(21,22)12-5-2-10(3-6-12)13-9-20-8-11(15(16,17)18)4-7-14(20)19-13/h2-9H,1H3. The number of sulfone groups is 1. The number of benzene rings is 1. The fourth-order valence-electron chi connectivity index (χ4n) is 2.17. The Balaban J connectivity index is 2.04. The summed E-state index contributed by atoms with van der Waals surface area (Å²) >= 11 is 0. The van der Waals surface area contributed by atoms with E-state index >= 15 is 0 Å². The quantitative estimate of drug-likeness (QED) is 0.718. The highest BCUT2D eigenvalue weighted by molar-refractivity contribution is 7.90. The van der Waals surface area contributed by atoms with Gasteiger partial charge in [0.15, 0.2) is 9.84 Å². The second-order valence-electron chi connectivity index (χ2n) is 5.10. The minimum Gasteiger partial charge on any atom is -0.306 e. The Labute approximate surface area is 130 Å². The van der Waals surface area contributed by atoms with Crippen LogP contribution in [0.25, 0.3) is 16.9 Å². The van der Waals surface area contributed by atoms with Crippen LogP contribution in [0.1, 0.15) is 5.56 Å². The van der Waals surface area contributed by atoms with Crippen LogP contribution in [0.3, 0.4) is 0 Å². The summed E-state index contributed by atoms with van der Waals surface area (Å²) in [5.41, 5.74) is 0.695. The van der Waals surface area contributed by atoms with Crippen LogP contribution in [0, 0.1) is 0 Å². The van der Waals surface area contributed by atoms with Crippen LogP contribution in [-0.4, -0.2) is 24.1 Å². The fourth-order valence-corrected chi connectivity index (χ4v) is 2.80. The van der Waals surface area contributed by atoms with Crippen LogP contribution in [-0.2, 0) is 16.0 Å². The number of imidazole rings is 1. The summed E-state index contributed by atoms with van der Waals surface area (Å²) in [6, 6.07) is 8.29. The molecule has 1 aromatic carbocycles. The molecule has 8 heteroatoms. The molecule has 0 aliphatic rings. The Morgan fingerprint density at radius 1 is 1.00 bits per heavy atom. The maximum absolute atomic E-state index is 12.7. The zero-order chi connectivity index (χ0) is 16.8. The van der Waals surface area contributed by atoms with Gasteiger partial charge in [0, 0.05) is 24.2 Å². The van der Waals surface area contributed by atoms with Crippen molar-refractivity contribution in [2.75, 3.05) is 6.26 Å². The molecule has 2 heterocycles. The number of hydrogen-bond acceptors (Lipinski definition) is 3. The minimum atomic E-state index is -4.42. The van der Waals surface area contributed by atoms with E-state index in [1.807, 2.05) is 0 Å². The van der Waals surface area contributed by atoms with Crippen molar-refractivity contribution in [2.24, 2.45) is 0 Å². The molecule has 2 aromatic heterocycles. The smallest absolute Gasteiger partial charge is 0.306 e. The van der Waals surface area contributed by atoms with Gasteiger partial charge in [-0.05, 0) is 24.3 Å². The molecule has 120 valence electrons. The highest BCUT2D eigenvalue weighted by Crippen LogP contribution is 2.30. The molecule has 0 N–H and O–H groups in total. The third kappa shape index (κ3) is 3.07. The van der Waals surface area contributed by atoms with Crippen molar-refractivity contribution >= 4 is 15.5 Å². The van der Waals surface area contributed by atoms with E-state index in [1.54, 1.807) is 12.1 Å². The second-order valence-corrected chi connectivity index (χ2v) is 7.12. The third-order valence-corrected chi connectivity index (χ3v) is 4.49. The Morgan fingerprint density at radius 2 is 1.65 bits per heavy atom. The molecule has 0 unspecified atom stereocenters. The van der Waals surface area contributed by atoms with Gasteiger partial charge in [-0.25, -0.2) is 13.4 Å². The van der Waals surface area contributed by atoms with Crippen molar-refractivity contribution in [2.45, 2.75) is 11.1 Å². The highest BCUT2D eigenvalue weighted by Gasteiger charge is 2.30. The van der Waals surface area contributed by atoms with E-state index in [4.69, 9.17) is 0 Å². The maximum atomic E-state index is 12.7. The fraction of sp³-hybridized carbons (Fsp3) is 0.133. The van der Waals surface area contributed by atoms with Crippen LogP contribution in [0.4, 0.5) is 13.2 Å². The molecule has 0 fully saturated rings. The molecular formula is C15H11F3N2O2S. The summed E-state index contributed by atoms with van der Waals surface area (Å²) in [5.74, 6) is 0. The van der Waals surface area contributed by atoms with Crippen LogP contribution in [0.15, 0.2) is 53.7 Å². The first kappa shape index (κ1) is 15.5. The largest absolute Gasteiger partial charge is 0.417 e. The Hall–Kier alpha value is -2.35. The van der Waals surface area contributed by atoms with Gasteiger partial charge in [0.05, 0.1) is 16.2 Å². The van der Waals surface area contributed by atoms with E-state index in [0.29, 0.717) is 16.9 Å². The Morgan fingerprint density at radius 3 is 2.22 bits per heavy atom. The third-order valence-electron chi connectivity index (χ3n) is 3.36. The van der Waals surface area contributed by atoms with Crippen LogP contribution < -0.4 is 0 Å². The van der Waals surface area contributed by atoms with Gasteiger partial charge in [0.25, 0.3) is 0 Å². The molecule has 4 nitrogen and oxygen atoms in total. The normalized spacial score (nSPS) is 12.7. The van der Waals surface area contributed by atoms with Crippen LogP contribution in [0.2, 0.25) is 0 Å². The van der Waals surface area contributed by atoms with Gasteiger partial charge in [0.1, 0.15) is 5.65 Å². The number of rotatable bonds is 2. The van der Waals surface area contributed by atoms with Gasteiger partial charge >= 0.3 is 6.18 Å². The van der Waals surface area contributed by atoms with E-state index in [0.717, 1.165) is 18.5 Å². The molecule has 0 radical (unpaired) electrons. The lowest BCUT2D eigenvalue weighted by Gasteiger charge is -2.05. The maximum Gasteiger partial charge on any atom is 0.417 e. The molecule has 0 saturated carbocycles. The molecule has 3 rings (SSSR count). The van der Waals surface area contributed by atoms with Crippen LogP contribution in [0.5, 0.6) is 0 Å². The number of alkyl halides is 3. The Kier molecular flexibility index (Phi) is 3.44. The first-order valence-electron chi connectivity index (χ1n) is 6.51. The molecule has 0 amide bonds. The summed E-state index contributed by atoms with van der Waals surface area (Å²) < 4.78 is 62.3. The topological polar surface area (TPSA) is 51.4 Å². The number of fused-ring (bicyclic) bond motifs is 1. The molecule has 0 spiro atoms. The van der Waals surface area contributed by atoms with E-state index in [9.17, 15) is 21.6 Å². The number of halogens is 3. The van der Waals surface area contributed by atoms with Gasteiger partial charge < -0.3 is 4.40 Å². The average Bonchev–Trinajstić information content (AvgIpc) is 2.88. The lowest BCUT2D eigenvalue weighted by atomic mass is 10.2. The predicted molar refractivity (Wildman–Crippen MR) is 78.7 cm³/mol. The lowest BCUT2D eigenvalue weighted by molar-refractivity contribution is -0.137. The van der Waals surface area contributed by atoms with Gasteiger partial charge in [-0.1, -0.05) is 12.1 Å².